The molecular weight excluding hydrogens is 504 g/mol. The molecule has 0 aliphatic heterocycles. The molecule has 0 saturated heterocycles. The Hall–Kier alpha value is -3.00. The number of thiocarbonyl (C=S) groups is 1. The highest BCUT2D eigenvalue weighted by Gasteiger charge is 2.51. The fraction of sp³-hybridized carbons (Fsp3) is 0.548. The summed E-state index contributed by atoms with van der Waals surface area (Å²) in [7, 11) is 0. The largest absolute Gasteiger partial charge is 0.372 e. The van der Waals surface area contributed by atoms with Crippen LogP contribution in [-0.4, -0.2) is 39.1 Å². The molecule has 4 fully saturated rings. The third-order valence-corrected chi connectivity index (χ3v) is 9.66. The minimum atomic E-state index is 0.0442. The zero-order valence-electron chi connectivity index (χ0n) is 23.6. The molecule has 0 atom stereocenters. The summed E-state index contributed by atoms with van der Waals surface area (Å²) in [5.41, 5.74) is 6.92. The number of rotatable bonds is 7. The highest BCUT2D eigenvalue weighted by Crippen LogP contribution is 2.61. The van der Waals surface area contributed by atoms with E-state index in [-0.39, 0.29) is 11.3 Å². The third-order valence-electron chi connectivity index (χ3n) is 9.45. The van der Waals surface area contributed by atoms with Gasteiger partial charge in [-0.3, -0.25) is 4.79 Å². The van der Waals surface area contributed by atoms with Crippen molar-refractivity contribution in [2.75, 3.05) is 23.3 Å². The first-order valence-corrected chi connectivity index (χ1v) is 15.0. The minimum absolute atomic E-state index is 0.0442. The van der Waals surface area contributed by atoms with E-state index in [9.17, 15) is 4.79 Å². The van der Waals surface area contributed by atoms with Crippen molar-refractivity contribution in [1.82, 2.24) is 20.3 Å². The predicted octanol–water partition coefficient (Wildman–Crippen LogP) is 6.30. The molecule has 7 rings (SSSR count). The van der Waals surface area contributed by atoms with E-state index in [1.807, 2.05) is 19.1 Å². The number of nitrogens with one attached hydrogen (secondary N) is 2. The highest BCUT2D eigenvalue weighted by atomic mass is 32.1. The van der Waals surface area contributed by atoms with Gasteiger partial charge in [-0.05, 0) is 143 Å². The van der Waals surface area contributed by atoms with Crippen molar-refractivity contribution in [3.63, 3.8) is 0 Å². The van der Waals surface area contributed by atoms with Crippen LogP contribution in [0.5, 0.6) is 0 Å². The molecular formula is C31H40N6OS. The van der Waals surface area contributed by atoms with E-state index in [2.05, 4.69) is 54.5 Å². The maximum absolute atomic E-state index is 13.1. The molecule has 4 aliphatic carbocycles. The summed E-state index contributed by atoms with van der Waals surface area (Å²) in [5, 5.41) is 16.1. The SMILES string of the molecule is CCN(CC)c1ccc(-n2nc3cc(C)c(NC(=S)NC(=O)CC45CC6CC(CC(C6)C4)C5)cc3n2)c(C)c1. The van der Waals surface area contributed by atoms with Gasteiger partial charge in [0, 0.05) is 30.9 Å². The number of aromatic nitrogens is 3. The van der Waals surface area contributed by atoms with Crippen molar-refractivity contribution in [3.05, 3.63) is 41.5 Å². The Morgan fingerprint density at radius 3 is 2.18 bits per heavy atom. The van der Waals surface area contributed by atoms with Crippen LogP contribution >= 0.6 is 12.2 Å². The molecule has 206 valence electrons. The van der Waals surface area contributed by atoms with E-state index in [1.54, 1.807) is 4.80 Å². The molecule has 4 saturated carbocycles. The number of carbonyl (C=O) groups is 1. The molecule has 1 heterocycles. The summed E-state index contributed by atoms with van der Waals surface area (Å²) >= 11 is 5.57. The normalized spacial score (nSPS) is 25.2. The van der Waals surface area contributed by atoms with Crippen LogP contribution in [0.15, 0.2) is 30.3 Å². The van der Waals surface area contributed by atoms with Gasteiger partial charge in [0.15, 0.2) is 5.11 Å². The number of anilines is 2. The van der Waals surface area contributed by atoms with Gasteiger partial charge in [-0.15, -0.1) is 10.2 Å². The number of nitrogens with zero attached hydrogens (tertiary/aromatic N) is 4. The van der Waals surface area contributed by atoms with E-state index in [0.717, 1.165) is 64.4 Å². The Labute approximate surface area is 236 Å². The van der Waals surface area contributed by atoms with Crippen molar-refractivity contribution in [2.24, 2.45) is 23.2 Å². The van der Waals surface area contributed by atoms with Gasteiger partial charge >= 0.3 is 0 Å². The molecule has 1 amide bonds. The summed E-state index contributed by atoms with van der Waals surface area (Å²) in [5.74, 6) is 2.55. The molecule has 4 aliphatic rings. The standard InChI is InChI=1S/C31H40N6OS/c1-5-36(6-2)24-7-8-28(20(4)9-24)37-34-26-10-19(3)25(14-27(26)35-37)32-30(39)33-29(38)18-31-15-21-11-22(16-31)13-23(12-21)17-31/h7-10,14,21-23H,5-6,11-13,15-18H2,1-4H3,(H2,32,33,38,39). The Morgan fingerprint density at radius 2 is 1.59 bits per heavy atom. The average molecular weight is 545 g/mol. The maximum Gasteiger partial charge on any atom is 0.226 e. The van der Waals surface area contributed by atoms with Crippen molar-refractivity contribution >= 4 is 45.6 Å². The summed E-state index contributed by atoms with van der Waals surface area (Å²) in [4.78, 5) is 17.1. The van der Waals surface area contributed by atoms with Gasteiger partial charge in [0.05, 0.1) is 5.69 Å². The van der Waals surface area contributed by atoms with Crippen LogP contribution in [-0.2, 0) is 4.79 Å². The summed E-state index contributed by atoms with van der Waals surface area (Å²) in [6.07, 6.45) is 8.40. The molecule has 7 nitrogen and oxygen atoms in total. The first-order chi connectivity index (χ1) is 18.7. The second-order valence-corrected chi connectivity index (χ2v) is 12.8. The van der Waals surface area contributed by atoms with E-state index in [0.29, 0.717) is 11.5 Å². The number of benzene rings is 2. The lowest BCUT2D eigenvalue weighted by Crippen LogP contribution is -2.48. The topological polar surface area (TPSA) is 75.1 Å². The fourth-order valence-corrected chi connectivity index (χ4v) is 8.36. The second-order valence-electron chi connectivity index (χ2n) is 12.4. The molecule has 0 spiro atoms. The maximum atomic E-state index is 13.1. The molecule has 39 heavy (non-hydrogen) atoms. The fourth-order valence-electron chi connectivity index (χ4n) is 8.13. The van der Waals surface area contributed by atoms with Gasteiger partial charge in [0.25, 0.3) is 0 Å². The van der Waals surface area contributed by atoms with Crippen LogP contribution in [0.25, 0.3) is 16.7 Å². The summed E-state index contributed by atoms with van der Waals surface area (Å²) < 4.78 is 0. The minimum Gasteiger partial charge on any atom is -0.372 e. The van der Waals surface area contributed by atoms with E-state index in [4.69, 9.17) is 22.4 Å². The molecule has 2 N–H and O–H groups in total. The first-order valence-electron chi connectivity index (χ1n) is 14.6. The van der Waals surface area contributed by atoms with Crippen LogP contribution in [0, 0.1) is 37.0 Å². The van der Waals surface area contributed by atoms with Gasteiger partial charge in [-0.25, -0.2) is 0 Å². The summed E-state index contributed by atoms with van der Waals surface area (Å²) in [6.45, 7) is 10.4. The lowest BCUT2D eigenvalue weighted by molar-refractivity contribution is -0.127. The smallest absolute Gasteiger partial charge is 0.226 e. The third kappa shape index (κ3) is 5.15. The van der Waals surface area contributed by atoms with Gasteiger partial charge in [-0.2, -0.15) is 4.80 Å². The van der Waals surface area contributed by atoms with Crippen molar-refractivity contribution in [2.45, 2.75) is 72.6 Å². The van der Waals surface area contributed by atoms with Gasteiger partial charge in [0.1, 0.15) is 11.0 Å². The van der Waals surface area contributed by atoms with Gasteiger partial charge < -0.3 is 15.5 Å². The molecule has 0 radical (unpaired) electrons. The summed E-state index contributed by atoms with van der Waals surface area (Å²) in [6, 6.07) is 10.4. The van der Waals surface area contributed by atoms with Gasteiger partial charge in [-0.1, -0.05) is 0 Å². The lowest BCUT2D eigenvalue weighted by Gasteiger charge is -2.56. The Balaban J connectivity index is 1.14. The van der Waals surface area contributed by atoms with Crippen molar-refractivity contribution in [3.8, 4) is 5.69 Å². The van der Waals surface area contributed by atoms with Crippen LogP contribution in [0.1, 0.15) is 69.9 Å². The molecule has 0 unspecified atom stereocenters. The lowest BCUT2D eigenvalue weighted by atomic mass is 9.49. The van der Waals surface area contributed by atoms with E-state index in [1.165, 1.54) is 44.2 Å². The molecule has 8 heteroatoms. The first kappa shape index (κ1) is 26.2. The second kappa shape index (κ2) is 10.2. The molecule has 1 aromatic heterocycles. The number of amides is 1. The Kier molecular flexibility index (Phi) is 6.86. The average Bonchev–Trinajstić information content (AvgIpc) is 3.26. The van der Waals surface area contributed by atoms with Crippen LogP contribution in [0.3, 0.4) is 0 Å². The van der Waals surface area contributed by atoms with Crippen molar-refractivity contribution in [1.29, 1.82) is 0 Å². The van der Waals surface area contributed by atoms with E-state index < -0.39 is 0 Å². The number of hydrogen-bond donors (Lipinski definition) is 2. The number of carbonyl (C=O) groups excluding carboxylic acids is 1. The number of hydrogen-bond acceptors (Lipinski definition) is 5. The zero-order valence-corrected chi connectivity index (χ0v) is 24.4. The molecule has 2 aromatic carbocycles. The van der Waals surface area contributed by atoms with Crippen molar-refractivity contribution < 1.29 is 4.79 Å². The Morgan fingerprint density at radius 1 is 0.974 bits per heavy atom. The Bertz CT molecular complexity index is 1390. The molecule has 4 bridgehead atoms. The van der Waals surface area contributed by atoms with Gasteiger partial charge in [0.2, 0.25) is 5.91 Å². The van der Waals surface area contributed by atoms with Crippen LogP contribution in [0.2, 0.25) is 0 Å². The predicted molar refractivity (Wildman–Crippen MR) is 161 cm³/mol. The monoisotopic (exact) mass is 544 g/mol. The quantitative estimate of drug-likeness (QED) is 0.340. The number of fused-ring (bicyclic) bond motifs is 1. The highest BCUT2D eigenvalue weighted by molar-refractivity contribution is 7.80. The zero-order chi connectivity index (χ0) is 27.3. The van der Waals surface area contributed by atoms with Crippen LogP contribution in [0.4, 0.5) is 11.4 Å². The number of aryl methyl sites for hydroxylation is 2. The van der Waals surface area contributed by atoms with Crippen LogP contribution < -0.4 is 15.5 Å². The van der Waals surface area contributed by atoms with E-state index >= 15 is 0 Å². The molecule has 3 aromatic rings.